The van der Waals surface area contributed by atoms with Crippen LogP contribution in [0.2, 0.25) is 0 Å². The highest BCUT2D eigenvalue weighted by Gasteiger charge is 2.15. The molecule has 0 aliphatic carbocycles. The first-order valence-electron chi connectivity index (χ1n) is 5.64. The first-order valence-corrected chi connectivity index (χ1v) is 6.01. The van der Waals surface area contributed by atoms with Crippen molar-refractivity contribution in [3.05, 3.63) is 23.9 Å². The van der Waals surface area contributed by atoms with Crippen molar-refractivity contribution in [2.24, 2.45) is 15.9 Å². The van der Waals surface area contributed by atoms with Gasteiger partial charge in [-0.3, -0.25) is 4.99 Å². The molecule has 0 spiro atoms. The van der Waals surface area contributed by atoms with Crippen molar-refractivity contribution in [1.82, 2.24) is 0 Å². The largest absolute Gasteiger partial charge is 0.293 e. The normalized spacial score (nSPS) is 17.2. The molecule has 0 saturated carbocycles. The fourth-order valence-corrected chi connectivity index (χ4v) is 1.65. The maximum Gasteiger partial charge on any atom is 0.108 e. The fourth-order valence-electron chi connectivity index (χ4n) is 1.59. The predicted molar refractivity (Wildman–Crippen MR) is 75.0 cm³/mol. The summed E-state index contributed by atoms with van der Waals surface area (Å²) < 4.78 is 12.3. The summed E-state index contributed by atoms with van der Waals surface area (Å²) in [5, 5.41) is 0.465. The number of nitrogens with zero attached hydrogens (tertiary/aromatic N) is 2. The molecule has 17 heavy (non-hydrogen) atoms. The monoisotopic (exact) mass is 258 g/mol. The van der Waals surface area contributed by atoms with E-state index in [0.717, 1.165) is 12.0 Å². The Hall–Kier alpha value is -0.960. The van der Waals surface area contributed by atoms with E-state index in [4.69, 9.17) is 11.6 Å². The molecule has 0 aliphatic rings. The summed E-state index contributed by atoms with van der Waals surface area (Å²) in [5.74, 6) is 0.121. The van der Waals surface area contributed by atoms with E-state index in [-0.39, 0.29) is 12.0 Å². The van der Waals surface area contributed by atoms with Crippen molar-refractivity contribution >= 4 is 23.5 Å². The van der Waals surface area contributed by atoms with Crippen LogP contribution in [-0.4, -0.2) is 24.6 Å². The van der Waals surface area contributed by atoms with Crippen LogP contribution >= 0.6 is 11.6 Å². The second kappa shape index (κ2) is 9.11. The Morgan fingerprint density at radius 1 is 1.53 bits per heavy atom. The number of aliphatic imine (C=N–C) groups is 2. The molecule has 0 aromatic rings. The summed E-state index contributed by atoms with van der Waals surface area (Å²) in [7, 11) is 0. The topological polar surface area (TPSA) is 24.7 Å². The molecule has 0 aromatic heterocycles. The van der Waals surface area contributed by atoms with Gasteiger partial charge >= 0.3 is 0 Å². The van der Waals surface area contributed by atoms with Gasteiger partial charge in [0.05, 0.1) is 6.04 Å². The smallest absolute Gasteiger partial charge is 0.108 e. The van der Waals surface area contributed by atoms with Crippen molar-refractivity contribution in [3.8, 4) is 0 Å². The van der Waals surface area contributed by atoms with E-state index in [1.165, 1.54) is 0 Å². The number of rotatable bonds is 7. The van der Waals surface area contributed by atoms with E-state index in [0.29, 0.717) is 5.17 Å². The van der Waals surface area contributed by atoms with Crippen molar-refractivity contribution in [1.29, 1.82) is 0 Å². The molecule has 0 fully saturated rings. The molecule has 0 aliphatic heterocycles. The minimum Gasteiger partial charge on any atom is -0.293 e. The maximum atomic E-state index is 12.3. The quantitative estimate of drug-likeness (QED) is 0.484. The zero-order chi connectivity index (χ0) is 13.3. The van der Waals surface area contributed by atoms with Gasteiger partial charge in [-0.05, 0) is 26.1 Å². The Labute approximate surface area is 108 Å². The molecule has 0 amide bonds. The number of hydrogen-bond donors (Lipinski definition) is 0. The van der Waals surface area contributed by atoms with E-state index < -0.39 is 6.67 Å². The molecule has 0 radical (unpaired) electrons. The van der Waals surface area contributed by atoms with Crippen LogP contribution in [0.15, 0.2) is 33.9 Å². The molecule has 0 unspecified atom stereocenters. The van der Waals surface area contributed by atoms with Gasteiger partial charge in [0.15, 0.2) is 0 Å². The van der Waals surface area contributed by atoms with Gasteiger partial charge in [0, 0.05) is 12.1 Å². The number of allylic oxidation sites excluding steroid dienone is 1. The molecule has 2 atom stereocenters. The van der Waals surface area contributed by atoms with Crippen LogP contribution in [0.3, 0.4) is 0 Å². The van der Waals surface area contributed by atoms with Crippen LogP contribution in [0.4, 0.5) is 4.39 Å². The second-order valence-corrected chi connectivity index (χ2v) is 4.26. The van der Waals surface area contributed by atoms with Crippen LogP contribution in [-0.2, 0) is 0 Å². The third-order valence-electron chi connectivity index (χ3n) is 2.59. The van der Waals surface area contributed by atoms with Crippen molar-refractivity contribution in [2.45, 2.75) is 33.2 Å². The summed E-state index contributed by atoms with van der Waals surface area (Å²) in [4.78, 5) is 7.97. The van der Waals surface area contributed by atoms with Gasteiger partial charge in [-0.25, -0.2) is 9.38 Å². The first-order chi connectivity index (χ1) is 8.06. The minimum absolute atomic E-state index is 0.104. The minimum atomic E-state index is -0.444. The van der Waals surface area contributed by atoms with Crippen LogP contribution in [0.5, 0.6) is 0 Å². The molecular formula is C13H20ClFN2. The summed E-state index contributed by atoms with van der Waals surface area (Å²) in [6.07, 6.45) is 5.85. The van der Waals surface area contributed by atoms with Gasteiger partial charge in [-0.15, -0.1) is 0 Å². The Balaban J connectivity index is 4.76. The zero-order valence-corrected chi connectivity index (χ0v) is 11.4. The number of hydrogen-bond acceptors (Lipinski definition) is 2. The lowest BCUT2D eigenvalue weighted by atomic mass is 9.91. The number of alkyl halides is 1. The fraction of sp³-hybridized carbons (Fsp3) is 0.538. The van der Waals surface area contributed by atoms with E-state index in [1.54, 1.807) is 19.2 Å². The zero-order valence-electron chi connectivity index (χ0n) is 10.7. The van der Waals surface area contributed by atoms with Crippen LogP contribution in [0.1, 0.15) is 27.2 Å². The van der Waals surface area contributed by atoms with Gasteiger partial charge in [0.25, 0.3) is 0 Å². The Morgan fingerprint density at radius 2 is 2.18 bits per heavy atom. The van der Waals surface area contributed by atoms with Crippen LogP contribution in [0.25, 0.3) is 0 Å². The molecule has 0 N–H and O–H groups in total. The molecule has 4 heteroatoms. The molecule has 0 aromatic carbocycles. The van der Waals surface area contributed by atoms with Crippen molar-refractivity contribution in [3.63, 3.8) is 0 Å². The molecule has 0 rings (SSSR count). The summed E-state index contributed by atoms with van der Waals surface area (Å²) in [6.45, 7) is 8.82. The lowest BCUT2D eigenvalue weighted by Gasteiger charge is -2.19. The first kappa shape index (κ1) is 16.0. The third-order valence-corrected chi connectivity index (χ3v) is 2.69. The summed E-state index contributed by atoms with van der Waals surface area (Å²) in [6, 6.07) is -0.104. The lowest BCUT2D eigenvalue weighted by Crippen LogP contribution is -2.15. The summed E-state index contributed by atoms with van der Waals surface area (Å²) >= 11 is 5.62. The average Bonchev–Trinajstić information content (AvgIpc) is 2.30. The van der Waals surface area contributed by atoms with Gasteiger partial charge in [0.2, 0.25) is 0 Å². The SMILES string of the molecule is C=N[C@@H](/C=C/N=C(C)Cl)[C@H](C)/C(=C/CF)CC. The van der Waals surface area contributed by atoms with E-state index in [2.05, 4.69) is 16.7 Å². The van der Waals surface area contributed by atoms with Crippen LogP contribution in [0, 0.1) is 5.92 Å². The Bertz CT molecular complexity index is 317. The van der Waals surface area contributed by atoms with Gasteiger partial charge in [0.1, 0.15) is 11.8 Å². The Kier molecular flexibility index (Phi) is 8.60. The third kappa shape index (κ3) is 6.37. The van der Waals surface area contributed by atoms with Gasteiger partial charge < -0.3 is 0 Å². The molecule has 96 valence electrons. The predicted octanol–water partition coefficient (Wildman–Crippen LogP) is 4.17. The van der Waals surface area contributed by atoms with E-state index in [1.807, 2.05) is 19.9 Å². The van der Waals surface area contributed by atoms with Gasteiger partial charge in [-0.1, -0.05) is 37.1 Å². The second-order valence-electron chi connectivity index (χ2n) is 3.72. The molecule has 0 heterocycles. The number of halogens is 2. The lowest BCUT2D eigenvalue weighted by molar-refractivity contribution is 0.538. The van der Waals surface area contributed by atoms with Gasteiger partial charge in [-0.2, -0.15) is 0 Å². The molecule has 2 nitrogen and oxygen atoms in total. The van der Waals surface area contributed by atoms with Crippen molar-refractivity contribution in [2.75, 3.05) is 6.67 Å². The highest BCUT2D eigenvalue weighted by atomic mass is 35.5. The van der Waals surface area contributed by atoms with E-state index >= 15 is 0 Å². The highest BCUT2D eigenvalue weighted by molar-refractivity contribution is 6.64. The molecule has 0 bridgehead atoms. The highest BCUT2D eigenvalue weighted by Crippen LogP contribution is 2.21. The average molecular weight is 259 g/mol. The maximum absolute atomic E-state index is 12.3. The Morgan fingerprint density at radius 3 is 2.59 bits per heavy atom. The summed E-state index contributed by atoms with van der Waals surface area (Å²) in [5.41, 5.74) is 1.04. The van der Waals surface area contributed by atoms with E-state index in [9.17, 15) is 4.39 Å². The van der Waals surface area contributed by atoms with Crippen molar-refractivity contribution < 1.29 is 4.39 Å². The molecular weight excluding hydrogens is 239 g/mol. The molecule has 0 saturated heterocycles. The van der Waals surface area contributed by atoms with Crippen LogP contribution < -0.4 is 0 Å². The standard InChI is InChI=1S/C13H20ClFN2/c1-5-12(6-8-15)10(2)13(16-4)7-9-17-11(3)14/h6-7,9-10,13H,4-5,8H2,1-3H3/b9-7+,12-6+,17-11?/t10-,13+/m1/s1.